The van der Waals surface area contributed by atoms with Crippen molar-refractivity contribution >= 4 is 5.97 Å². The molecule has 0 aliphatic carbocycles. The van der Waals surface area contributed by atoms with E-state index in [0.29, 0.717) is 19.1 Å². The molecule has 0 radical (unpaired) electrons. The molecule has 4 heteroatoms. The molecule has 1 atom stereocenters. The number of carbonyl (C=O) groups excluding carboxylic acids is 1. The van der Waals surface area contributed by atoms with E-state index in [2.05, 4.69) is 16.0 Å². The number of rotatable bonds is 5. The summed E-state index contributed by atoms with van der Waals surface area (Å²) in [4.78, 5) is 18.1. The third-order valence-corrected chi connectivity index (χ3v) is 3.59. The van der Waals surface area contributed by atoms with Crippen LogP contribution in [0.2, 0.25) is 0 Å². The molecule has 1 aliphatic heterocycles. The van der Waals surface area contributed by atoms with Gasteiger partial charge in [0.1, 0.15) is 0 Å². The maximum absolute atomic E-state index is 11.5. The van der Waals surface area contributed by atoms with Crippen molar-refractivity contribution in [1.82, 2.24) is 9.88 Å². The summed E-state index contributed by atoms with van der Waals surface area (Å²) in [5, 5.41) is 0. The van der Waals surface area contributed by atoms with Gasteiger partial charge in [0.25, 0.3) is 0 Å². The second-order valence-electron chi connectivity index (χ2n) is 4.89. The Kier molecular flexibility index (Phi) is 5.33. The molecule has 0 aromatic carbocycles. The van der Waals surface area contributed by atoms with Crippen molar-refractivity contribution < 1.29 is 9.53 Å². The molecule has 1 unspecified atom stereocenters. The van der Waals surface area contributed by atoms with Crippen molar-refractivity contribution in [2.24, 2.45) is 0 Å². The van der Waals surface area contributed by atoms with Crippen LogP contribution >= 0.6 is 0 Å². The van der Waals surface area contributed by atoms with Crippen LogP contribution in [-0.4, -0.2) is 35.5 Å². The molecule has 0 bridgehead atoms. The monoisotopic (exact) mass is 262 g/mol. The topological polar surface area (TPSA) is 42.4 Å². The number of carbonyl (C=O) groups is 1. The fraction of sp³-hybridized carbons (Fsp3) is 0.600. The Labute approximate surface area is 114 Å². The van der Waals surface area contributed by atoms with Gasteiger partial charge in [-0.2, -0.15) is 0 Å². The van der Waals surface area contributed by atoms with Gasteiger partial charge in [-0.25, -0.2) is 0 Å². The Hall–Kier alpha value is -1.42. The summed E-state index contributed by atoms with van der Waals surface area (Å²) >= 11 is 0. The normalized spacial score (nSPS) is 20.2. The fourth-order valence-electron chi connectivity index (χ4n) is 2.68. The summed E-state index contributed by atoms with van der Waals surface area (Å²) in [6.45, 7) is 4.14. The number of hydrogen-bond acceptors (Lipinski definition) is 4. The maximum atomic E-state index is 11.5. The Bertz CT molecular complexity index is 394. The first-order valence-electron chi connectivity index (χ1n) is 7.11. The van der Waals surface area contributed by atoms with E-state index in [1.165, 1.54) is 18.4 Å². The van der Waals surface area contributed by atoms with Gasteiger partial charge >= 0.3 is 5.97 Å². The SMILES string of the molecule is CCOC(=O)CCN1CCCCC1c1cccnc1. The second kappa shape index (κ2) is 7.24. The molecule has 2 rings (SSSR count). The molecule has 0 spiro atoms. The average molecular weight is 262 g/mol. The number of piperidine rings is 1. The molecule has 0 saturated carbocycles. The zero-order valence-corrected chi connectivity index (χ0v) is 11.5. The Morgan fingerprint density at radius 2 is 2.42 bits per heavy atom. The van der Waals surface area contributed by atoms with Crippen LogP contribution in [0.15, 0.2) is 24.5 Å². The minimum atomic E-state index is -0.0991. The van der Waals surface area contributed by atoms with Gasteiger partial charge in [-0.05, 0) is 37.9 Å². The molecule has 19 heavy (non-hydrogen) atoms. The molecular formula is C15H22N2O2. The van der Waals surface area contributed by atoms with E-state index in [4.69, 9.17) is 4.74 Å². The third kappa shape index (κ3) is 4.03. The first-order valence-corrected chi connectivity index (χ1v) is 7.11. The number of esters is 1. The molecule has 104 valence electrons. The largest absolute Gasteiger partial charge is 0.466 e. The number of pyridine rings is 1. The van der Waals surface area contributed by atoms with Gasteiger partial charge in [0.2, 0.25) is 0 Å². The van der Waals surface area contributed by atoms with Crippen LogP contribution < -0.4 is 0 Å². The van der Waals surface area contributed by atoms with E-state index in [1.54, 1.807) is 6.20 Å². The van der Waals surface area contributed by atoms with E-state index in [-0.39, 0.29) is 5.97 Å². The maximum Gasteiger partial charge on any atom is 0.307 e. The van der Waals surface area contributed by atoms with Crippen molar-refractivity contribution in [2.45, 2.75) is 38.6 Å². The average Bonchev–Trinajstić information content (AvgIpc) is 2.47. The number of likely N-dealkylation sites (tertiary alicyclic amines) is 1. The van der Waals surface area contributed by atoms with Gasteiger partial charge in [0.05, 0.1) is 13.0 Å². The fourth-order valence-corrected chi connectivity index (χ4v) is 2.68. The highest BCUT2D eigenvalue weighted by atomic mass is 16.5. The highest BCUT2D eigenvalue weighted by Gasteiger charge is 2.24. The number of hydrogen-bond donors (Lipinski definition) is 0. The standard InChI is InChI=1S/C15H22N2O2/c1-2-19-15(18)8-11-17-10-4-3-7-14(17)13-6-5-9-16-12-13/h5-6,9,12,14H,2-4,7-8,10-11H2,1H3. The predicted octanol–water partition coefficient (Wildman–Crippen LogP) is 2.56. The molecule has 1 aliphatic rings. The summed E-state index contributed by atoms with van der Waals surface area (Å²) in [7, 11) is 0. The van der Waals surface area contributed by atoms with E-state index < -0.39 is 0 Å². The predicted molar refractivity (Wildman–Crippen MR) is 73.7 cm³/mol. The molecule has 4 nitrogen and oxygen atoms in total. The second-order valence-corrected chi connectivity index (χ2v) is 4.89. The lowest BCUT2D eigenvalue weighted by atomic mass is 9.96. The minimum absolute atomic E-state index is 0.0991. The summed E-state index contributed by atoms with van der Waals surface area (Å²) < 4.78 is 5.00. The van der Waals surface area contributed by atoms with Gasteiger partial charge in [-0.1, -0.05) is 12.5 Å². The van der Waals surface area contributed by atoms with Crippen molar-refractivity contribution in [2.75, 3.05) is 19.7 Å². The number of nitrogens with zero attached hydrogens (tertiary/aromatic N) is 2. The van der Waals surface area contributed by atoms with Gasteiger partial charge in [-0.15, -0.1) is 0 Å². The zero-order valence-electron chi connectivity index (χ0n) is 11.5. The highest BCUT2D eigenvalue weighted by Crippen LogP contribution is 2.30. The lowest BCUT2D eigenvalue weighted by molar-refractivity contribution is -0.143. The van der Waals surface area contributed by atoms with Crippen LogP contribution in [0.3, 0.4) is 0 Å². The Morgan fingerprint density at radius 3 is 3.16 bits per heavy atom. The molecule has 0 N–H and O–H groups in total. The molecular weight excluding hydrogens is 240 g/mol. The van der Waals surface area contributed by atoms with E-state index in [9.17, 15) is 4.79 Å². The van der Waals surface area contributed by atoms with Crippen molar-refractivity contribution in [1.29, 1.82) is 0 Å². The summed E-state index contributed by atoms with van der Waals surface area (Å²) in [6, 6.07) is 4.50. The zero-order chi connectivity index (χ0) is 13.5. The van der Waals surface area contributed by atoms with Crippen LogP contribution in [0.4, 0.5) is 0 Å². The Morgan fingerprint density at radius 1 is 1.53 bits per heavy atom. The van der Waals surface area contributed by atoms with Gasteiger partial charge in [0, 0.05) is 25.0 Å². The van der Waals surface area contributed by atoms with Crippen LogP contribution in [0.25, 0.3) is 0 Å². The molecule has 1 saturated heterocycles. The molecule has 2 heterocycles. The minimum Gasteiger partial charge on any atom is -0.466 e. The third-order valence-electron chi connectivity index (χ3n) is 3.59. The first kappa shape index (κ1) is 14.0. The van der Waals surface area contributed by atoms with Crippen molar-refractivity contribution in [3.8, 4) is 0 Å². The lowest BCUT2D eigenvalue weighted by Crippen LogP contribution is -2.35. The molecule has 1 aromatic rings. The highest BCUT2D eigenvalue weighted by molar-refractivity contribution is 5.69. The lowest BCUT2D eigenvalue weighted by Gasteiger charge is -2.35. The van der Waals surface area contributed by atoms with Crippen LogP contribution in [0.5, 0.6) is 0 Å². The van der Waals surface area contributed by atoms with E-state index in [0.717, 1.165) is 19.5 Å². The van der Waals surface area contributed by atoms with Gasteiger partial charge < -0.3 is 4.74 Å². The van der Waals surface area contributed by atoms with E-state index >= 15 is 0 Å². The van der Waals surface area contributed by atoms with Crippen molar-refractivity contribution in [3.63, 3.8) is 0 Å². The smallest absolute Gasteiger partial charge is 0.307 e. The van der Waals surface area contributed by atoms with Crippen LogP contribution in [0.1, 0.15) is 44.2 Å². The quantitative estimate of drug-likeness (QED) is 0.765. The number of aromatic nitrogens is 1. The molecule has 0 amide bonds. The van der Waals surface area contributed by atoms with Crippen LogP contribution in [-0.2, 0) is 9.53 Å². The first-order chi connectivity index (χ1) is 9.31. The van der Waals surface area contributed by atoms with Gasteiger partial charge in [0.15, 0.2) is 0 Å². The Balaban J connectivity index is 1.95. The van der Waals surface area contributed by atoms with E-state index in [1.807, 2.05) is 19.2 Å². The van der Waals surface area contributed by atoms with Crippen LogP contribution in [0, 0.1) is 0 Å². The summed E-state index contributed by atoms with van der Waals surface area (Å²) in [6.07, 6.45) is 7.82. The van der Waals surface area contributed by atoms with Crippen molar-refractivity contribution in [3.05, 3.63) is 30.1 Å². The summed E-state index contributed by atoms with van der Waals surface area (Å²) in [5.41, 5.74) is 1.26. The molecule has 1 aromatic heterocycles. The summed E-state index contributed by atoms with van der Waals surface area (Å²) in [5.74, 6) is -0.0991. The number of ether oxygens (including phenoxy) is 1. The van der Waals surface area contributed by atoms with Gasteiger partial charge in [-0.3, -0.25) is 14.7 Å². The molecule has 1 fully saturated rings.